The number of imidazole rings is 1. The molecular weight excluding hydrogens is 403 g/mol. The summed E-state index contributed by atoms with van der Waals surface area (Å²) in [6, 6.07) is 5.02. The zero-order valence-electron chi connectivity index (χ0n) is 15.5. The summed E-state index contributed by atoms with van der Waals surface area (Å²) < 4.78 is 46.2. The summed E-state index contributed by atoms with van der Waals surface area (Å²) in [6.45, 7) is 1.28. The number of halogens is 3. The molecule has 0 radical (unpaired) electrons. The smallest absolute Gasteiger partial charge is 0.378 e. The van der Waals surface area contributed by atoms with Gasteiger partial charge in [-0.1, -0.05) is 12.1 Å². The van der Waals surface area contributed by atoms with Crippen LogP contribution in [0.1, 0.15) is 41.7 Å². The number of ether oxygens (including phenoxy) is 1. The average molecular weight is 423 g/mol. The minimum Gasteiger partial charge on any atom is -0.378 e. The quantitative estimate of drug-likeness (QED) is 0.643. The summed E-state index contributed by atoms with van der Waals surface area (Å²) in [4.78, 5) is 17.5. The van der Waals surface area contributed by atoms with E-state index in [1.165, 1.54) is 17.4 Å². The fourth-order valence-corrected chi connectivity index (χ4v) is 4.27. The second kappa shape index (κ2) is 8.16. The molecule has 1 N–H and O–H groups in total. The predicted octanol–water partition coefficient (Wildman–Crippen LogP) is 4.77. The molecule has 1 saturated heterocycles. The predicted molar refractivity (Wildman–Crippen MR) is 104 cm³/mol. The third-order valence-electron chi connectivity index (χ3n) is 4.95. The van der Waals surface area contributed by atoms with Gasteiger partial charge in [0.2, 0.25) is 0 Å². The van der Waals surface area contributed by atoms with Crippen molar-refractivity contribution in [1.82, 2.24) is 14.7 Å². The van der Waals surface area contributed by atoms with Gasteiger partial charge in [-0.2, -0.15) is 13.2 Å². The van der Waals surface area contributed by atoms with Crippen molar-refractivity contribution < 1.29 is 22.7 Å². The topological polar surface area (TPSA) is 55.6 Å². The van der Waals surface area contributed by atoms with Crippen molar-refractivity contribution in [2.24, 2.45) is 0 Å². The lowest BCUT2D eigenvalue weighted by atomic mass is 10.1. The van der Waals surface area contributed by atoms with Gasteiger partial charge in [-0.05, 0) is 37.8 Å². The van der Waals surface area contributed by atoms with Gasteiger partial charge >= 0.3 is 6.18 Å². The van der Waals surface area contributed by atoms with Crippen LogP contribution in [0.25, 0.3) is 16.2 Å². The summed E-state index contributed by atoms with van der Waals surface area (Å²) in [7, 11) is 0. The number of aromatic nitrogens is 2. The van der Waals surface area contributed by atoms with Gasteiger partial charge in [0, 0.05) is 30.3 Å². The van der Waals surface area contributed by atoms with E-state index in [1.807, 2.05) is 0 Å². The lowest BCUT2D eigenvalue weighted by Gasteiger charge is -2.22. The number of carbonyl (C=O) groups excluding carboxylic acids is 1. The van der Waals surface area contributed by atoms with E-state index in [2.05, 4.69) is 10.3 Å². The van der Waals surface area contributed by atoms with Gasteiger partial charge in [-0.3, -0.25) is 9.20 Å². The summed E-state index contributed by atoms with van der Waals surface area (Å²) >= 11 is 1.27. The molecule has 2 aromatic heterocycles. The number of nitrogens with one attached hydrogen (secondary N) is 1. The van der Waals surface area contributed by atoms with E-state index in [-0.39, 0.29) is 12.0 Å². The minimum atomic E-state index is -4.42. The van der Waals surface area contributed by atoms with Gasteiger partial charge in [0.15, 0.2) is 4.96 Å². The van der Waals surface area contributed by atoms with Crippen LogP contribution in [0.5, 0.6) is 0 Å². The Balaban J connectivity index is 1.48. The highest BCUT2D eigenvalue weighted by Gasteiger charge is 2.30. The zero-order chi connectivity index (χ0) is 20.4. The minimum absolute atomic E-state index is 0.187. The molecule has 1 aliphatic rings. The van der Waals surface area contributed by atoms with E-state index in [4.69, 9.17) is 4.74 Å². The number of hydrogen-bond donors (Lipinski definition) is 1. The molecule has 1 aliphatic heterocycles. The first kappa shape index (κ1) is 19.9. The van der Waals surface area contributed by atoms with Gasteiger partial charge < -0.3 is 10.1 Å². The number of alkyl halides is 3. The molecule has 0 aliphatic carbocycles. The van der Waals surface area contributed by atoms with Gasteiger partial charge in [0.25, 0.3) is 5.91 Å². The molecule has 0 spiro atoms. The van der Waals surface area contributed by atoms with Crippen LogP contribution in [0.2, 0.25) is 0 Å². The van der Waals surface area contributed by atoms with Crippen molar-refractivity contribution in [3.8, 4) is 11.3 Å². The van der Waals surface area contributed by atoms with Crippen LogP contribution in [0.15, 0.2) is 35.8 Å². The molecular formula is C20H20F3N3O2S. The second-order valence-electron chi connectivity index (χ2n) is 7.01. The molecule has 1 atom stereocenters. The van der Waals surface area contributed by atoms with Gasteiger partial charge in [0.1, 0.15) is 5.69 Å². The van der Waals surface area contributed by atoms with Gasteiger partial charge in [-0.15, -0.1) is 11.3 Å². The number of nitrogens with zero attached hydrogens (tertiary/aromatic N) is 2. The Hall–Kier alpha value is -2.39. The number of carbonyl (C=O) groups is 1. The van der Waals surface area contributed by atoms with Gasteiger partial charge in [-0.25, -0.2) is 4.98 Å². The van der Waals surface area contributed by atoms with Crippen LogP contribution in [-0.4, -0.2) is 34.5 Å². The van der Waals surface area contributed by atoms with E-state index < -0.39 is 11.7 Å². The fraction of sp³-hybridized carbons (Fsp3) is 0.400. The van der Waals surface area contributed by atoms with Crippen molar-refractivity contribution in [1.29, 1.82) is 0 Å². The third kappa shape index (κ3) is 4.45. The number of fused-ring (bicyclic) bond motifs is 1. The molecule has 1 amide bonds. The van der Waals surface area contributed by atoms with Crippen molar-refractivity contribution in [2.45, 2.75) is 38.0 Å². The van der Waals surface area contributed by atoms with E-state index in [9.17, 15) is 18.0 Å². The van der Waals surface area contributed by atoms with E-state index in [0.29, 0.717) is 28.5 Å². The maximum atomic E-state index is 13.0. The number of hydrogen-bond acceptors (Lipinski definition) is 4. The first-order valence-electron chi connectivity index (χ1n) is 9.46. The van der Waals surface area contributed by atoms with Gasteiger partial charge in [0.05, 0.1) is 17.4 Å². The Bertz CT molecular complexity index is 1010. The van der Waals surface area contributed by atoms with Crippen LogP contribution >= 0.6 is 11.3 Å². The van der Waals surface area contributed by atoms with Crippen LogP contribution in [0.4, 0.5) is 13.2 Å². The maximum absolute atomic E-state index is 13.0. The summed E-state index contributed by atoms with van der Waals surface area (Å²) in [5, 5.41) is 4.59. The number of benzene rings is 1. The van der Waals surface area contributed by atoms with E-state index in [0.717, 1.165) is 44.4 Å². The van der Waals surface area contributed by atoms with Crippen LogP contribution in [0.3, 0.4) is 0 Å². The zero-order valence-corrected chi connectivity index (χ0v) is 16.4. The Kier molecular flexibility index (Phi) is 5.60. The highest BCUT2D eigenvalue weighted by Crippen LogP contribution is 2.32. The van der Waals surface area contributed by atoms with Crippen molar-refractivity contribution in [3.05, 3.63) is 47.1 Å². The largest absolute Gasteiger partial charge is 0.416 e. The van der Waals surface area contributed by atoms with E-state index in [1.54, 1.807) is 22.0 Å². The Morgan fingerprint density at radius 1 is 1.34 bits per heavy atom. The highest BCUT2D eigenvalue weighted by molar-refractivity contribution is 7.15. The SMILES string of the molecule is O=C(NCC[C@H]1CCCCO1)c1csc2nc(-c3cccc(C(F)(F)F)c3)cn12. The lowest BCUT2D eigenvalue weighted by molar-refractivity contribution is -0.137. The number of thiazole rings is 1. The maximum Gasteiger partial charge on any atom is 0.416 e. The van der Waals surface area contributed by atoms with Crippen molar-refractivity contribution in [2.75, 3.05) is 13.2 Å². The molecule has 3 aromatic rings. The summed E-state index contributed by atoms with van der Waals surface area (Å²) in [6.07, 6.45) is 1.38. The van der Waals surface area contributed by atoms with Crippen molar-refractivity contribution >= 4 is 22.2 Å². The lowest BCUT2D eigenvalue weighted by Crippen LogP contribution is -2.30. The molecule has 3 heterocycles. The molecule has 1 fully saturated rings. The number of rotatable bonds is 5. The summed E-state index contributed by atoms with van der Waals surface area (Å²) in [5.74, 6) is -0.236. The Morgan fingerprint density at radius 2 is 2.21 bits per heavy atom. The first-order chi connectivity index (χ1) is 13.9. The third-order valence-corrected chi connectivity index (χ3v) is 5.79. The fourth-order valence-electron chi connectivity index (χ4n) is 3.41. The Morgan fingerprint density at radius 3 is 2.97 bits per heavy atom. The second-order valence-corrected chi connectivity index (χ2v) is 7.85. The number of amides is 1. The molecule has 4 rings (SSSR count). The van der Waals surface area contributed by atoms with Crippen LogP contribution in [0, 0.1) is 0 Å². The normalized spacial score (nSPS) is 17.6. The monoisotopic (exact) mass is 423 g/mol. The molecule has 0 bridgehead atoms. The Labute approximate surface area is 169 Å². The average Bonchev–Trinajstić information content (AvgIpc) is 3.29. The molecule has 154 valence electrons. The molecule has 5 nitrogen and oxygen atoms in total. The summed E-state index contributed by atoms with van der Waals surface area (Å²) in [5.41, 5.74) is 0.443. The molecule has 29 heavy (non-hydrogen) atoms. The highest BCUT2D eigenvalue weighted by atomic mass is 32.1. The molecule has 0 unspecified atom stereocenters. The van der Waals surface area contributed by atoms with E-state index >= 15 is 0 Å². The molecule has 1 aromatic carbocycles. The molecule has 0 saturated carbocycles. The van der Waals surface area contributed by atoms with Crippen LogP contribution < -0.4 is 5.32 Å². The standard InChI is InChI=1S/C20H20F3N3O2S/c21-20(22,23)14-5-3-4-13(10-14)16-11-26-17(12-29-19(26)25-16)18(27)24-8-7-15-6-1-2-9-28-15/h3-5,10-12,15H,1-2,6-9H2,(H,24,27)/t15-/m1/s1. The molecule has 9 heteroatoms. The van der Waals surface area contributed by atoms with Crippen molar-refractivity contribution in [3.63, 3.8) is 0 Å². The van der Waals surface area contributed by atoms with Crippen LogP contribution in [-0.2, 0) is 10.9 Å². The first-order valence-corrected chi connectivity index (χ1v) is 10.3.